The first-order chi connectivity index (χ1) is 12.2. The summed E-state index contributed by atoms with van der Waals surface area (Å²) >= 11 is 0. The number of carbonyl (C=O) groups excluding carboxylic acids is 2. The first kappa shape index (κ1) is 20.2. The van der Waals surface area contributed by atoms with E-state index >= 15 is 0 Å². The Hall–Kier alpha value is -1.57. The SMILES string of the molecule is CC1C2CC3(C#N)C(=O)OC(C2OC(=O)C(C)(CC(C)(C)C)C(C)(C)C)C13. The van der Waals surface area contributed by atoms with Gasteiger partial charge < -0.3 is 9.47 Å². The van der Waals surface area contributed by atoms with Crippen LogP contribution in [0.2, 0.25) is 0 Å². The normalized spacial score (nSPS) is 39.7. The van der Waals surface area contributed by atoms with Crippen LogP contribution in [0.1, 0.15) is 68.2 Å². The van der Waals surface area contributed by atoms with Gasteiger partial charge >= 0.3 is 11.9 Å². The number of nitriles is 1. The van der Waals surface area contributed by atoms with Gasteiger partial charge in [-0.3, -0.25) is 9.59 Å². The smallest absolute Gasteiger partial charge is 0.327 e. The summed E-state index contributed by atoms with van der Waals surface area (Å²) in [6, 6.07) is 2.22. The number of ether oxygens (including phenoxy) is 2. The van der Waals surface area contributed by atoms with Crippen molar-refractivity contribution in [3.05, 3.63) is 0 Å². The van der Waals surface area contributed by atoms with Crippen molar-refractivity contribution >= 4 is 11.9 Å². The summed E-state index contributed by atoms with van der Waals surface area (Å²) in [6.07, 6.45) is 0.222. The van der Waals surface area contributed by atoms with Crippen LogP contribution in [0.5, 0.6) is 0 Å². The summed E-state index contributed by atoms with van der Waals surface area (Å²) in [5.74, 6) is -0.668. The Balaban J connectivity index is 1.87. The van der Waals surface area contributed by atoms with Gasteiger partial charge in [0.2, 0.25) is 0 Å². The van der Waals surface area contributed by atoms with Crippen molar-refractivity contribution in [1.29, 1.82) is 5.26 Å². The number of hydrogen-bond acceptors (Lipinski definition) is 5. The highest BCUT2D eigenvalue weighted by molar-refractivity contribution is 5.85. The molecule has 3 aliphatic rings. The zero-order chi connectivity index (χ0) is 20.6. The van der Waals surface area contributed by atoms with Crippen molar-refractivity contribution in [3.63, 3.8) is 0 Å². The van der Waals surface area contributed by atoms with Crippen LogP contribution in [0, 0.1) is 50.7 Å². The molecule has 5 heteroatoms. The lowest BCUT2D eigenvalue weighted by Crippen LogP contribution is -2.48. The summed E-state index contributed by atoms with van der Waals surface area (Å²) in [5, 5.41) is 9.63. The van der Waals surface area contributed by atoms with Gasteiger partial charge in [0.05, 0.1) is 11.5 Å². The zero-order valence-electron chi connectivity index (χ0n) is 17.9. The molecule has 7 unspecified atom stereocenters. The quantitative estimate of drug-likeness (QED) is 0.694. The lowest BCUT2D eigenvalue weighted by Gasteiger charge is -2.44. The van der Waals surface area contributed by atoms with E-state index in [9.17, 15) is 14.9 Å². The minimum Gasteiger partial charge on any atom is -0.458 e. The van der Waals surface area contributed by atoms with Crippen LogP contribution in [-0.2, 0) is 19.1 Å². The van der Waals surface area contributed by atoms with Gasteiger partial charge in [0.15, 0.2) is 5.41 Å². The van der Waals surface area contributed by atoms with E-state index in [0.29, 0.717) is 12.8 Å². The molecule has 0 aromatic rings. The van der Waals surface area contributed by atoms with E-state index < -0.39 is 29.0 Å². The van der Waals surface area contributed by atoms with Gasteiger partial charge in [-0.25, -0.2) is 0 Å². The Labute approximate surface area is 162 Å². The molecule has 1 saturated heterocycles. The highest BCUT2D eigenvalue weighted by Gasteiger charge is 2.75. The molecule has 2 saturated carbocycles. The van der Waals surface area contributed by atoms with Gasteiger partial charge in [-0.15, -0.1) is 0 Å². The van der Waals surface area contributed by atoms with Crippen LogP contribution in [0.15, 0.2) is 0 Å². The van der Waals surface area contributed by atoms with E-state index in [-0.39, 0.29) is 34.6 Å². The molecule has 0 N–H and O–H groups in total. The number of hydrogen-bond donors (Lipinski definition) is 0. The first-order valence-electron chi connectivity index (χ1n) is 10.0. The molecule has 2 aliphatic carbocycles. The van der Waals surface area contributed by atoms with Gasteiger partial charge in [0.25, 0.3) is 0 Å². The second-order valence-corrected chi connectivity index (χ2v) is 11.4. The molecule has 1 aliphatic heterocycles. The highest BCUT2D eigenvalue weighted by Crippen LogP contribution is 2.65. The maximum absolute atomic E-state index is 13.4. The molecule has 0 aromatic carbocycles. The number of fused-ring (bicyclic) bond motifs is 1. The third-order valence-electron chi connectivity index (χ3n) is 7.51. The second-order valence-electron chi connectivity index (χ2n) is 11.4. The average Bonchev–Trinajstić information content (AvgIpc) is 3.01. The van der Waals surface area contributed by atoms with Crippen LogP contribution < -0.4 is 0 Å². The topological polar surface area (TPSA) is 76.4 Å². The van der Waals surface area contributed by atoms with Crippen molar-refractivity contribution in [2.45, 2.75) is 80.4 Å². The molecule has 0 amide bonds. The maximum Gasteiger partial charge on any atom is 0.327 e. The Bertz CT molecular complexity index is 709. The molecule has 1 heterocycles. The Morgan fingerprint density at radius 1 is 1.26 bits per heavy atom. The summed E-state index contributed by atoms with van der Waals surface area (Å²) in [7, 11) is 0. The molecule has 150 valence electrons. The number of rotatable bonds is 3. The van der Waals surface area contributed by atoms with Crippen molar-refractivity contribution in [2.24, 2.45) is 39.4 Å². The van der Waals surface area contributed by atoms with Gasteiger partial charge in [-0.05, 0) is 36.5 Å². The van der Waals surface area contributed by atoms with Crippen LogP contribution in [0.4, 0.5) is 0 Å². The highest BCUT2D eigenvalue weighted by atomic mass is 16.6. The molecule has 0 aromatic heterocycles. The van der Waals surface area contributed by atoms with E-state index in [1.807, 2.05) is 6.92 Å². The van der Waals surface area contributed by atoms with Crippen molar-refractivity contribution in [3.8, 4) is 6.07 Å². The molecule has 5 nitrogen and oxygen atoms in total. The fourth-order valence-corrected chi connectivity index (χ4v) is 5.72. The van der Waals surface area contributed by atoms with Crippen LogP contribution >= 0.6 is 0 Å². The molecular weight excluding hydrogens is 342 g/mol. The first-order valence-corrected chi connectivity index (χ1v) is 10.0. The number of esters is 2. The summed E-state index contributed by atoms with van der Waals surface area (Å²) in [5.41, 5.74) is -2.00. The van der Waals surface area contributed by atoms with Crippen molar-refractivity contribution in [2.75, 3.05) is 0 Å². The number of carbonyl (C=O) groups is 2. The van der Waals surface area contributed by atoms with Crippen LogP contribution in [0.25, 0.3) is 0 Å². The van der Waals surface area contributed by atoms with Gasteiger partial charge in [-0.1, -0.05) is 48.5 Å². The van der Waals surface area contributed by atoms with Crippen LogP contribution in [-0.4, -0.2) is 24.1 Å². The molecule has 7 atom stereocenters. The largest absolute Gasteiger partial charge is 0.458 e. The van der Waals surface area contributed by atoms with E-state index in [0.717, 1.165) is 0 Å². The lowest BCUT2D eigenvalue weighted by atomic mass is 9.61. The summed E-state index contributed by atoms with van der Waals surface area (Å²) in [4.78, 5) is 25.8. The second kappa shape index (κ2) is 5.72. The third kappa shape index (κ3) is 2.70. The lowest BCUT2D eigenvalue weighted by molar-refractivity contribution is -0.180. The fraction of sp³-hybridized carbons (Fsp3) is 0.864. The molecular formula is C22H33NO4. The third-order valence-corrected chi connectivity index (χ3v) is 7.51. The van der Waals surface area contributed by atoms with Crippen LogP contribution in [0.3, 0.4) is 0 Å². The van der Waals surface area contributed by atoms with Crippen molar-refractivity contribution < 1.29 is 19.1 Å². The monoisotopic (exact) mass is 375 g/mol. The molecule has 2 bridgehead atoms. The summed E-state index contributed by atoms with van der Waals surface area (Å²) < 4.78 is 11.7. The molecule has 3 fully saturated rings. The van der Waals surface area contributed by atoms with E-state index in [1.165, 1.54) is 0 Å². The van der Waals surface area contributed by atoms with E-state index in [4.69, 9.17) is 9.47 Å². The molecule has 3 rings (SSSR count). The van der Waals surface area contributed by atoms with E-state index in [2.05, 4.69) is 54.5 Å². The van der Waals surface area contributed by atoms with Gasteiger partial charge in [0, 0.05) is 11.8 Å². The average molecular weight is 376 g/mol. The summed E-state index contributed by atoms with van der Waals surface area (Å²) in [6.45, 7) is 16.6. The van der Waals surface area contributed by atoms with Gasteiger partial charge in [-0.2, -0.15) is 5.26 Å². The maximum atomic E-state index is 13.4. The minimum absolute atomic E-state index is 0.00825. The Morgan fingerprint density at radius 2 is 1.85 bits per heavy atom. The minimum atomic E-state index is -1.03. The van der Waals surface area contributed by atoms with Gasteiger partial charge in [0.1, 0.15) is 12.2 Å². The molecule has 0 radical (unpaired) electrons. The van der Waals surface area contributed by atoms with E-state index in [1.54, 1.807) is 0 Å². The molecule has 0 spiro atoms. The predicted octanol–water partition coefficient (Wildman–Crippen LogP) is 4.11. The van der Waals surface area contributed by atoms with Crippen molar-refractivity contribution in [1.82, 2.24) is 0 Å². The molecule has 27 heavy (non-hydrogen) atoms. The standard InChI is InChI=1S/C22H33NO4/c1-12-13-9-22(11-23)14(12)16(27-18(22)25)15(13)26-17(24)21(8,20(5,6)7)10-19(2,3)4/h12-16H,9-10H2,1-8H3. The number of nitrogens with zero attached hydrogens (tertiary/aromatic N) is 1. The Kier molecular flexibility index (Phi) is 4.27. The zero-order valence-corrected chi connectivity index (χ0v) is 17.9. The Morgan fingerprint density at radius 3 is 2.33 bits per heavy atom. The fourth-order valence-electron chi connectivity index (χ4n) is 5.72. The predicted molar refractivity (Wildman–Crippen MR) is 100 cm³/mol.